The number of nitrogens with zero attached hydrogens (tertiary/aromatic N) is 2. The molecule has 0 radical (unpaired) electrons. The molecule has 0 spiro atoms. The van der Waals surface area contributed by atoms with Gasteiger partial charge < -0.3 is 10.1 Å². The Morgan fingerprint density at radius 2 is 2.32 bits per heavy atom. The second-order valence-corrected chi connectivity index (χ2v) is 6.67. The first kappa shape index (κ1) is 16.2. The van der Waals surface area contributed by atoms with Gasteiger partial charge in [0.1, 0.15) is 5.75 Å². The number of hydrogen-bond donors (Lipinski definition) is 1. The zero-order valence-corrected chi connectivity index (χ0v) is 13.4. The predicted octanol–water partition coefficient (Wildman–Crippen LogP) is 3.18. The average molecular weight is 339 g/mol. The van der Waals surface area contributed by atoms with E-state index in [4.69, 9.17) is 4.74 Å². The van der Waals surface area contributed by atoms with Gasteiger partial charge in [0, 0.05) is 23.7 Å². The van der Waals surface area contributed by atoms with Gasteiger partial charge in [-0.2, -0.15) is 0 Å². The van der Waals surface area contributed by atoms with Crippen molar-refractivity contribution >= 4 is 40.4 Å². The minimum atomic E-state index is -0.525. The maximum Gasteiger partial charge on any atom is 0.271 e. The fourth-order valence-corrected chi connectivity index (χ4v) is 3.39. The van der Waals surface area contributed by atoms with Crippen molar-refractivity contribution in [2.24, 2.45) is 0 Å². The number of non-ortho nitro benzene ring substituents is 1. The van der Waals surface area contributed by atoms with Gasteiger partial charge in [-0.25, -0.2) is 4.98 Å². The minimum Gasteiger partial charge on any atom is -0.495 e. The molecule has 1 unspecified atom stereocenters. The maximum atomic E-state index is 12.2. The van der Waals surface area contributed by atoms with Gasteiger partial charge in [0.25, 0.3) is 5.69 Å². The fourth-order valence-electron chi connectivity index (χ4n) is 1.61. The van der Waals surface area contributed by atoms with E-state index in [0.717, 1.165) is 4.34 Å². The molecule has 2 rings (SSSR count). The Morgan fingerprint density at radius 3 is 2.91 bits per heavy atom. The lowest BCUT2D eigenvalue weighted by Crippen LogP contribution is -2.22. The van der Waals surface area contributed by atoms with E-state index in [2.05, 4.69) is 10.3 Å². The number of nitro groups is 1. The molecule has 1 heterocycles. The highest BCUT2D eigenvalue weighted by molar-refractivity contribution is 8.02. The molecule has 0 saturated heterocycles. The topological polar surface area (TPSA) is 94.4 Å². The minimum absolute atomic E-state index is 0.115. The third-order valence-electron chi connectivity index (χ3n) is 2.71. The van der Waals surface area contributed by atoms with Gasteiger partial charge in [-0.1, -0.05) is 11.8 Å². The maximum absolute atomic E-state index is 12.2. The standard InChI is InChI=1S/C13H13N3O4S2/c1-8(22-13-14-5-6-21-13)12(17)15-10-7-9(16(18)19)3-4-11(10)20-2/h3-8H,1-2H3,(H,15,17). The first-order valence-corrected chi connectivity index (χ1v) is 7.96. The number of methoxy groups -OCH3 is 1. The smallest absolute Gasteiger partial charge is 0.271 e. The summed E-state index contributed by atoms with van der Waals surface area (Å²) in [6.07, 6.45) is 1.67. The van der Waals surface area contributed by atoms with Crippen LogP contribution in [0.5, 0.6) is 5.75 Å². The molecule has 1 N–H and O–H groups in total. The van der Waals surface area contributed by atoms with E-state index in [1.165, 1.54) is 48.4 Å². The van der Waals surface area contributed by atoms with E-state index in [-0.39, 0.29) is 17.3 Å². The highest BCUT2D eigenvalue weighted by Crippen LogP contribution is 2.31. The summed E-state index contributed by atoms with van der Waals surface area (Å²) >= 11 is 2.77. The Labute approximate surface area is 134 Å². The van der Waals surface area contributed by atoms with Crippen LogP contribution in [0.1, 0.15) is 6.92 Å². The molecule has 7 nitrogen and oxygen atoms in total. The van der Waals surface area contributed by atoms with E-state index in [9.17, 15) is 14.9 Å². The van der Waals surface area contributed by atoms with Crippen molar-refractivity contribution in [2.45, 2.75) is 16.5 Å². The summed E-state index contributed by atoms with van der Waals surface area (Å²) in [4.78, 5) is 26.6. The number of thioether (sulfide) groups is 1. The van der Waals surface area contributed by atoms with Gasteiger partial charge in [-0.15, -0.1) is 11.3 Å². The van der Waals surface area contributed by atoms with Crippen LogP contribution in [0.2, 0.25) is 0 Å². The van der Waals surface area contributed by atoms with Crippen LogP contribution in [0.25, 0.3) is 0 Å². The van der Waals surface area contributed by atoms with E-state index in [0.29, 0.717) is 5.75 Å². The molecule has 22 heavy (non-hydrogen) atoms. The number of carbonyl (C=O) groups is 1. The normalized spacial score (nSPS) is 11.7. The summed E-state index contributed by atoms with van der Waals surface area (Å²) in [5, 5.41) is 14.9. The molecule has 0 fully saturated rings. The molecule has 0 aliphatic rings. The van der Waals surface area contributed by atoms with Crippen molar-refractivity contribution in [3.63, 3.8) is 0 Å². The summed E-state index contributed by atoms with van der Waals surface area (Å²) in [5.41, 5.74) is 0.157. The highest BCUT2D eigenvalue weighted by Gasteiger charge is 2.19. The summed E-state index contributed by atoms with van der Waals surface area (Å²) in [7, 11) is 1.44. The van der Waals surface area contributed by atoms with Gasteiger partial charge in [0.2, 0.25) is 5.91 Å². The molecular formula is C13H13N3O4S2. The van der Waals surface area contributed by atoms with Gasteiger partial charge in [0.15, 0.2) is 4.34 Å². The summed E-state index contributed by atoms with van der Waals surface area (Å²) in [6, 6.07) is 4.05. The van der Waals surface area contributed by atoms with E-state index in [1.807, 2.05) is 5.38 Å². The molecule has 9 heteroatoms. The number of anilines is 1. The molecule has 1 atom stereocenters. The number of thiazole rings is 1. The summed E-state index contributed by atoms with van der Waals surface area (Å²) in [5.74, 6) is 0.0874. The van der Waals surface area contributed by atoms with Crippen molar-refractivity contribution in [3.05, 3.63) is 39.9 Å². The second kappa shape index (κ2) is 7.23. The largest absolute Gasteiger partial charge is 0.495 e. The van der Waals surface area contributed by atoms with Crippen LogP contribution in [0.15, 0.2) is 34.1 Å². The number of hydrogen-bond acceptors (Lipinski definition) is 7. The Kier molecular flexibility index (Phi) is 5.34. The Bertz CT molecular complexity index is 676. The van der Waals surface area contributed by atoms with Gasteiger partial charge in [-0.3, -0.25) is 14.9 Å². The van der Waals surface area contributed by atoms with Crippen molar-refractivity contribution in [1.29, 1.82) is 0 Å². The Morgan fingerprint density at radius 1 is 1.55 bits per heavy atom. The van der Waals surface area contributed by atoms with Gasteiger partial charge in [-0.05, 0) is 13.0 Å². The van der Waals surface area contributed by atoms with Gasteiger partial charge >= 0.3 is 0 Å². The molecule has 0 saturated carbocycles. The third-order valence-corrected chi connectivity index (χ3v) is 4.73. The van der Waals surface area contributed by atoms with E-state index in [1.54, 1.807) is 13.1 Å². The molecule has 116 valence electrons. The van der Waals surface area contributed by atoms with Crippen molar-refractivity contribution in [3.8, 4) is 5.75 Å². The van der Waals surface area contributed by atoms with Crippen LogP contribution in [-0.2, 0) is 4.79 Å². The lowest BCUT2D eigenvalue weighted by molar-refractivity contribution is -0.384. The number of ether oxygens (including phenoxy) is 1. The quantitative estimate of drug-likeness (QED) is 0.493. The van der Waals surface area contributed by atoms with Crippen molar-refractivity contribution in [2.75, 3.05) is 12.4 Å². The molecule has 1 aromatic heterocycles. The molecule has 2 aromatic rings. The number of nitro benzene ring substituents is 1. The van der Waals surface area contributed by atoms with Crippen molar-refractivity contribution < 1.29 is 14.5 Å². The number of aromatic nitrogens is 1. The molecular weight excluding hydrogens is 326 g/mol. The zero-order valence-electron chi connectivity index (χ0n) is 11.8. The van der Waals surface area contributed by atoms with Crippen LogP contribution in [0, 0.1) is 10.1 Å². The highest BCUT2D eigenvalue weighted by atomic mass is 32.2. The van der Waals surface area contributed by atoms with Crippen LogP contribution in [0.4, 0.5) is 11.4 Å². The number of rotatable bonds is 6. The summed E-state index contributed by atoms with van der Waals surface area (Å²) in [6.45, 7) is 1.74. The fraction of sp³-hybridized carbons (Fsp3) is 0.231. The number of benzene rings is 1. The first-order chi connectivity index (χ1) is 10.5. The molecule has 1 amide bonds. The van der Waals surface area contributed by atoms with E-state index >= 15 is 0 Å². The van der Waals surface area contributed by atoms with Crippen LogP contribution >= 0.6 is 23.1 Å². The predicted molar refractivity (Wildman–Crippen MR) is 85.7 cm³/mol. The molecule has 0 aliphatic carbocycles. The first-order valence-electron chi connectivity index (χ1n) is 6.20. The van der Waals surface area contributed by atoms with Crippen LogP contribution in [-0.4, -0.2) is 28.2 Å². The molecule has 0 aliphatic heterocycles. The van der Waals surface area contributed by atoms with Gasteiger partial charge in [0.05, 0.1) is 23.0 Å². The second-order valence-electron chi connectivity index (χ2n) is 4.19. The number of carbonyl (C=O) groups excluding carboxylic acids is 1. The van der Waals surface area contributed by atoms with Crippen LogP contribution in [0.3, 0.4) is 0 Å². The summed E-state index contributed by atoms with van der Waals surface area (Å²) < 4.78 is 5.90. The van der Waals surface area contributed by atoms with Crippen LogP contribution < -0.4 is 10.1 Å². The SMILES string of the molecule is COc1ccc([N+](=O)[O-])cc1NC(=O)C(C)Sc1nccs1. The third kappa shape index (κ3) is 3.95. The Hall–Kier alpha value is -2.13. The average Bonchev–Trinajstić information content (AvgIpc) is 2.99. The molecule has 1 aromatic carbocycles. The monoisotopic (exact) mass is 339 g/mol. The van der Waals surface area contributed by atoms with E-state index < -0.39 is 10.2 Å². The number of amides is 1. The number of nitrogens with one attached hydrogen (secondary N) is 1. The Balaban J connectivity index is 2.12. The lowest BCUT2D eigenvalue weighted by Gasteiger charge is -2.13. The van der Waals surface area contributed by atoms with Crippen molar-refractivity contribution in [1.82, 2.24) is 4.98 Å². The molecule has 0 bridgehead atoms. The lowest BCUT2D eigenvalue weighted by atomic mass is 10.2. The zero-order chi connectivity index (χ0) is 16.1.